The Morgan fingerprint density at radius 2 is 2.33 bits per heavy atom. The van der Waals surface area contributed by atoms with Gasteiger partial charge in [0.05, 0.1) is 5.51 Å². The Balaban J connectivity index is 1.34. The summed E-state index contributed by atoms with van der Waals surface area (Å²) in [7, 11) is 0. The van der Waals surface area contributed by atoms with Crippen LogP contribution in [-0.4, -0.2) is 51.9 Å². The van der Waals surface area contributed by atoms with Crippen molar-refractivity contribution in [1.82, 2.24) is 19.8 Å². The van der Waals surface area contributed by atoms with Crippen LogP contribution in [0.3, 0.4) is 0 Å². The number of aromatic amines is 1. The van der Waals surface area contributed by atoms with Crippen LogP contribution in [0.1, 0.15) is 22.6 Å². The number of carbonyl (C=O) groups is 1. The molecule has 21 heavy (non-hydrogen) atoms. The van der Waals surface area contributed by atoms with Crippen LogP contribution in [0.4, 0.5) is 0 Å². The molecule has 0 aliphatic carbocycles. The molecule has 0 radical (unpaired) electrons. The fraction of sp³-hybridized carbons (Fsp3) is 0.467. The van der Waals surface area contributed by atoms with Crippen molar-refractivity contribution in [1.29, 1.82) is 0 Å². The van der Waals surface area contributed by atoms with E-state index >= 15 is 0 Å². The van der Waals surface area contributed by atoms with E-state index in [0.29, 0.717) is 11.1 Å². The molecule has 1 N–H and O–H groups in total. The van der Waals surface area contributed by atoms with E-state index in [-0.39, 0.29) is 5.91 Å². The van der Waals surface area contributed by atoms with Crippen molar-refractivity contribution in [3.63, 3.8) is 0 Å². The van der Waals surface area contributed by atoms with Crippen molar-refractivity contribution in [3.05, 3.63) is 40.6 Å². The van der Waals surface area contributed by atoms with Crippen molar-refractivity contribution in [2.45, 2.75) is 13.0 Å². The van der Waals surface area contributed by atoms with E-state index in [2.05, 4.69) is 20.9 Å². The molecule has 0 unspecified atom stereocenters. The molecule has 5 nitrogen and oxygen atoms in total. The number of H-pyrrole nitrogens is 1. The Labute approximate surface area is 127 Å². The quantitative estimate of drug-likeness (QED) is 0.941. The predicted molar refractivity (Wildman–Crippen MR) is 81.1 cm³/mol. The average molecular weight is 302 g/mol. The number of amides is 1. The summed E-state index contributed by atoms with van der Waals surface area (Å²) in [4.78, 5) is 24.1. The zero-order valence-electron chi connectivity index (χ0n) is 11.8. The summed E-state index contributed by atoms with van der Waals surface area (Å²) in [6.45, 7) is 4.91. The van der Waals surface area contributed by atoms with Crippen LogP contribution < -0.4 is 0 Å². The summed E-state index contributed by atoms with van der Waals surface area (Å²) in [5.74, 6) is 0.0935. The molecule has 1 amide bonds. The molecular formula is C15H18N4OS. The lowest BCUT2D eigenvalue weighted by Gasteiger charge is -2.48. The second-order valence-electron chi connectivity index (χ2n) is 6.19. The van der Waals surface area contributed by atoms with Gasteiger partial charge in [0, 0.05) is 55.4 Å². The number of hydrogen-bond acceptors (Lipinski definition) is 4. The fourth-order valence-corrected chi connectivity index (χ4v) is 4.09. The highest BCUT2D eigenvalue weighted by atomic mass is 32.1. The van der Waals surface area contributed by atoms with Crippen LogP contribution >= 0.6 is 11.3 Å². The maximum absolute atomic E-state index is 12.3. The molecule has 4 heterocycles. The van der Waals surface area contributed by atoms with Gasteiger partial charge in [-0.25, -0.2) is 4.98 Å². The summed E-state index contributed by atoms with van der Waals surface area (Å²) >= 11 is 1.48. The van der Waals surface area contributed by atoms with Crippen molar-refractivity contribution in [2.75, 3.05) is 26.2 Å². The van der Waals surface area contributed by atoms with E-state index in [1.165, 1.54) is 17.0 Å². The molecule has 4 rings (SSSR count). The molecule has 0 saturated carbocycles. The number of carbonyl (C=O) groups excluding carboxylic acids is 1. The number of rotatable bonds is 3. The summed E-state index contributed by atoms with van der Waals surface area (Å²) in [5.41, 5.74) is 3.90. The van der Waals surface area contributed by atoms with Gasteiger partial charge in [0.15, 0.2) is 0 Å². The largest absolute Gasteiger partial charge is 0.364 e. The Bertz CT molecular complexity index is 616. The third-order valence-electron chi connectivity index (χ3n) is 4.55. The highest BCUT2D eigenvalue weighted by Crippen LogP contribution is 2.40. The van der Waals surface area contributed by atoms with E-state index in [1.54, 1.807) is 5.51 Å². The number of thiazole rings is 1. The van der Waals surface area contributed by atoms with Gasteiger partial charge in [0.25, 0.3) is 5.91 Å². The predicted octanol–water partition coefficient (Wildman–Crippen LogP) is 1.82. The van der Waals surface area contributed by atoms with Gasteiger partial charge in [-0.1, -0.05) is 0 Å². The molecular weight excluding hydrogens is 284 g/mol. The van der Waals surface area contributed by atoms with E-state index in [1.807, 2.05) is 22.5 Å². The van der Waals surface area contributed by atoms with Crippen LogP contribution in [-0.2, 0) is 6.54 Å². The molecule has 6 heteroatoms. The summed E-state index contributed by atoms with van der Waals surface area (Å²) in [6, 6.07) is 4.16. The Morgan fingerprint density at radius 1 is 1.43 bits per heavy atom. The standard InChI is InChI=1S/C15H18N4OS/c20-14(13-7-21-11-17-13)19-5-3-15(10-19)8-18(9-15)6-12-2-1-4-16-12/h1-2,4,7,11,16H,3,5-6,8-10H2. The second-order valence-corrected chi connectivity index (χ2v) is 6.91. The van der Waals surface area contributed by atoms with Gasteiger partial charge in [0.1, 0.15) is 5.69 Å². The van der Waals surface area contributed by atoms with Gasteiger partial charge >= 0.3 is 0 Å². The van der Waals surface area contributed by atoms with E-state index in [4.69, 9.17) is 0 Å². The first-order chi connectivity index (χ1) is 10.2. The lowest BCUT2D eigenvalue weighted by atomic mass is 9.79. The average Bonchev–Trinajstić information content (AvgIpc) is 3.19. The highest BCUT2D eigenvalue weighted by molar-refractivity contribution is 7.07. The summed E-state index contributed by atoms with van der Waals surface area (Å²) < 4.78 is 0. The zero-order chi connectivity index (χ0) is 14.3. The second kappa shape index (κ2) is 4.96. The molecule has 2 aliphatic heterocycles. The Kier molecular flexibility index (Phi) is 3.08. The molecule has 2 fully saturated rings. The highest BCUT2D eigenvalue weighted by Gasteiger charge is 2.48. The van der Waals surface area contributed by atoms with Gasteiger partial charge in [-0.3, -0.25) is 9.69 Å². The minimum atomic E-state index is 0.0935. The minimum Gasteiger partial charge on any atom is -0.364 e. The van der Waals surface area contributed by atoms with Gasteiger partial charge < -0.3 is 9.88 Å². The van der Waals surface area contributed by atoms with Gasteiger partial charge in [-0.15, -0.1) is 11.3 Å². The lowest BCUT2D eigenvalue weighted by Crippen LogP contribution is -2.57. The van der Waals surface area contributed by atoms with Crippen molar-refractivity contribution in [3.8, 4) is 0 Å². The van der Waals surface area contributed by atoms with Crippen molar-refractivity contribution >= 4 is 17.2 Å². The van der Waals surface area contributed by atoms with Crippen LogP contribution in [0.2, 0.25) is 0 Å². The van der Waals surface area contributed by atoms with Crippen LogP contribution in [0, 0.1) is 5.41 Å². The first-order valence-corrected chi connectivity index (χ1v) is 8.21. The third kappa shape index (κ3) is 2.38. The van der Waals surface area contributed by atoms with E-state index in [9.17, 15) is 4.79 Å². The van der Waals surface area contributed by atoms with Crippen LogP contribution in [0.15, 0.2) is 29.2 Å². The maximum Gasteiger partial charge on any atom is 0.273 e. The SMILES string of the molecule is O=C(c1cscn1)N1CCC2(CN(Cc3ccc[nH]3)C2)C1. The number of nitrogens with one attached hydrogen (secondary N) is 1. The molecule has 1 spiro atoms. The number of aromatic nitrogens is 2. The van der Waals surface area contributed by atoms with Gasteiger partial charge in [-0.2, -0.15) is 0 Å². The first kappa shape index (κ1) is 13.0. The number of hydrogen-bond donors (Lipinski definition) is 1. The molecule has 110 valence electrons. The summed E-state index contributed by atoms with van der Waals surface area (Å²) in [6.07, 6.45) is 3.08. The van der Waals surface area contributed by atoms with Crippen molar-refractivity contribution < 1.29 is 4.79 Å². The molecule has 2 aromatic heterocycles. The summed E-state index contributed by atoms with van der Waals surface area (Å²) in [5, 5.41) is 1.84. The van der Waals surface area contributed by atoms with Gasteiger partial charge in [-0.05, 0) is 18.6 Å². The molecule has 0 bridgehead atoms. The molecule has 0 aromatic carbocycles. The Morgan fingerprint density at radius 3 is 3.05 bits per heavy atom. The molecule has 2 aliphatic rings. The normalized spacial score (nSPS) is 20.9. The van der Waals surface area contributed by atoms with Crippen LogP contribution in [0.5, 0.6) is 0 Å². The smallest absolute Gasteiger partial charge is 0.273 e. The minimum absolute atomic E-state index is 0.0935. The number of likely N-dealkylation sites (tertiary alicyclic amines) is 2. The maximum atomic E-state index is 12.3. The number of nitrogens with zero attached hydrogens (tertiary/aromatic N) is 3. The first-order valence-electron chi connectivity index (χ1n) is 7.26. The third-order valence-corrected chi connectivity index (χ3v) is 5.14. The molecule has 2 aromatic rings. The van der Waals surface area contributed by atoms with Crippen LogP contribution in [0.25, 0.3) is 0 Å². The Hall–Kier alpha value is -1.66. The van der Waals surface area contributed by atoms with E-state index < -0.39 is 0 Å². The molecule has 2 saturated heterocycles. The van der Waals surface area contributed by atoms with E-state index in [0.717, 1.165) is 39.1 Å². The zero-order valence-corrected chi connectivity index (χ0v) is 12.6. The van der Waals surface area contributed by atoms with Crippen molar-refractivity contribution in [2.24, 2.45) is 5.41 Å². The molecule has 0 atom stereocenters. The fourth-order valence-electron chi connectivity index (χ4n) is 3.57. The topological polar surface area (TPSA) is 52.2 Å². The lowest BCUT2D eigenvalue weighted by molar-refractivity contribution is 0.00183. The van der Waals surface area contributed by atoms with Gasteiger partial charge in [0.2, 0.25) is 0 Å². The monoisotopic (exact) mass is 302 g/mol.